The van der Waals surface area contributed by atoms with E-state index in [1.54, 1.807) is 0 Å². The van der Waals surface area contributed by atoms with Crippen molar-refractivity contribution >= 4 is 0 Å². The Bertz CT molecular complexity index is 265. The van der Waals surface area contributed by atoms with Crippen LogP contribution in [0.1, 0.15) is 53.9 Å². The van der Waals surface area contributed by atoms with Crippen molar-refractivity contribution in [2.24, 2.45) is 0 Å². The highest BCUT2D eigenvalue weighted by Crippen LogP contribution is 2.18. The number of hydrogen-bond acceptors (Lipinski definition) is 2. The normalized spacial score (nSPS) is 14.4. The van der Waals surface area contributed by atoms with Gasteiger partial charge in [0.1, 0.15) is 0 Å². The highest BCUT2D eigenvalue weighted by molar-refractivity contribution is 4.96. The van der Waals surface area contributed by atoms with Gasteiger partial charge in [0, 0.05) is 19.3 Å². The van der Waals surface area contributed by atoms with E-state index in [9.17, 15) is 0 Å². The standard InChI is InChI=1S/C15H26O2/c1-7-13(8-2)16-15(11-12(5)6)17-14(9-3)10-4/h7,9,15H,5,8,10-11H2,1-4,6H3. The van der Waals surface area contributed by atoms with Gasteiger partial charge in [-0.05, 0) is 32.9 Å². The third kappa shape index (κ3) is 6.88. The predicted octanol–water partition coefficient (Wildman–Crippen LogP) is 4.94. The van der Waals surface area contributed by atoms with Gasteiger partial charge in [-0.3, -0.25) is 0 Å². The molecule has 0 N–H and O–H groups in total. The molecule has 2 nitrogen and oxygen atoms in total. The zero-order chi connectivity index (χ0) is 13.3. The van der Waals surface area contributed by atoms with E-state index in [4.69, 9.17) is 9.47 Å². The first-order valence-electron chi connectivity index (χ1n) is 6.35. The summed E-state index contributed by atoms with van der Waals surface area (Å²) in [5.41, 5.74) is 1.06. The van der Waals surface area contributed by atoms with E-state index in [0.717, 1.165) is 29.9 Å². The van der Waals surface area contributed by atoms with Crippen LogP contribution in [0, 0.1) is 0 Å². The Morgan fingerprint density at radius 3 is 1.71 bits per heavy atom. The molecule has 0 atom stereocenters. The zero-order valence-electron chi connectivity index (χ0n) is 11.9. The van der Waals surface area contributed by atoms with Gasteiger partial charge in [0.25, 0.3) is 0 Å². The molecule has 0 fully saturated rings. The molecule has 98 valence electrons. The van der Waals surface area contributed by atoms with Crippen molar-refractivity contribution in [1.29, 1.82) is 0 Å². The van der Waals surface area contributed by atoms with E-state index in [1.165, 1.54) is 0 Å². The average Bonchev–Trinajstić information content (AvgIpc) is 2.31. The van der Waals surface area contributed by atoms with Crippen molar-refractivity contribution in [2.75, 3.05) is 0 Å². The largest absolute Gasteiger partial charge is 0.459 e. The molecule has 0 heterocycles. The molecule has 0 aromatic carbocycles. The van der Waals surface area contributed by atoms with E-state index in [1.807, 2.05) is 32.9 Å². The highest BCUT2D eigenvalue weighted by atomic mass is 16.7. The first-order chi connectivity index (χ1) is 8.07. The molecule has 0 aliphatic carbocycles. The average molecular weight is 238 g/mol. The smallest absolute Gasteiger partial charge is 0.243 e. The first-order valence-corrected chi connectivity index (χ1v) is 6.35. The Morgan fingerprint density at radius 1 is 1.06 bits per heavy atom. The van der Waals surface area contributed by atoms with Crippen LogP contribution in [0.3, 0.4) is 0 Å². The van der Waals surface area contributed by atoms with Crippen LogP contribution in [0.15, 0.2) is 35.8 Å². The molecule has 0 aliphatic heterocycles. The number of rotatable bonds is 8. The second-order valence-electron chi connectivity index (χ2n) is 4.04. The molecule has 0 spiro atoms. The van der Waals surface area contributed by atoms with E-state index in [2.05, 4.69) is 20.4 Å². The van der Waals surface area contributed by atoms with Crippen LogP contribution in [0.2, 0.25) is 0 Å². The SMILES string of the molecule is C=C(C)CC(OC(=CC)CC)OC(=CC)CC. The van der Waals surface area contributed by atoms with E-state index >= 15 is 0 Å². The fourth-order valence-corrected chi connectivity index (χ4v) is 1.44. The summed E-state index contributed by atoms with van der Waals surface area (Å²) in [7, 11) is 0. The molecule has 0 saturated heterocycles. The summed E-state index contributed by atoms with van der Waals surface area (Å²) in [6, 6.07) is 0. The second kappa shape index (κ2) is 8.91. The number of allylic oxidation sites excluding steroid dienone is 4. The van der Waals surface area contributed by atoms with Gasteiger partial charge in [-0.1, -0.05) is 26.0 Å². The van der Waals surface area contributed by atoms with Crippen molar-refractivity contribution in [3.05, 3.63) is 35.8 Å². The van der Waals surface area contributed by atoms with Gasteiger partial charge in [-0.15, -0.1) is 0 Å². The molecular formula is C15H26O2. The van der Waals surface area contributed by atoms with Crippen molar-refractivity contribution in [1.82, 2.24) is 0 Å². The summed E-state index contributed by atoms with van der Waals surface area (Å²) >= 11 is 0. The minimum Gasteiger partial charge on any atom is -0.459 e. The van der Waals surface area contributed by atoms with Crippen molar-refractivity contribution in [2.45, 2.75) is 60.2 Å². The molecule has 17 heavy (non-hydrogen) atoms. The maximum absolute atomic E-state index is 5.83. The summed E-state index contributed by atoms with van der Waals surface area (Å²) in [5, 5.41) is 0. The molecule has 2 heteroatoms. The molecule has 0 aliphatic rings. The molecule has 0 rings (SSSR count). The predicted molar refractivity (Wildman–Crippen MR) is 73.5 cm³/mol. The van der Waals surface area contributed by atoms with E-state index < -0.39 is 0 Å². The Labute approximate surface area is 106 Å². The second-order valence-corrected chi connectivity index (χ2v) is 4.04. The van der Waals surface area contributed by atoms with E-state index in [-0.39, 0.29) is 6.29 Å². The summed E-state index contributed by atoms with van der Waals surface area (Å²) < 4.78 is 11.7. The molecular weight excluding hydrogens is 212 g/mol. The summed E-state index contributed by atoms with van der Waals surface area (Å²) in [6.07, 6.45) is 6.18. The van der Waals surface area contributed by atoms with Crippen LogP contribution < -0.4 is 0 Å². The Kier molecular flexibility index (Phi) is 8.29. The Morgan fingerprint density at radius 2 is 1.47 bits per heavy atom. The third-order valence-electron chi connectivity index (χ3n) is 2.42. The fourth-order valence-electron chi connectivity index (χ4n) is 1.44. The summed E-state index contributed by atoms with van der Waals surface area (Å²) in [4.78, 5) is 0. The van der Waals surface area contributed by atoms with Crippen LogP contribution in [-0.2, 0) is 9.47 Å². The molecule has 0 radical (unpaired) electrons. The molecule has 0 bridgehead atoms. The maximum atomic E-state index is 5.83. The Hall–Kier alpha value is -1.18. The van der Waals surface area contributed by atoms with Gasteiger partial charge >= 0.3 is 0 Å². The van der Waals surface area contributed by atoms with Gasteiger partial charge in [0.05, 0.1) is 11.5 Å². The molecule has 0 saturated carbocycles. The quantitative estimate of drug-likeness (QED) is 0.339. The lowest BCUT2D eigenvalue weighted by Gasteiger charge is -2.23. The number of hydrogen-bond donors (Lipinski definition) is 0. The van der Waals surface area contributed by atoms with Gasteiger partial charge in [-0.2, -0.15) is 0 Å². The molecule has 0 aromatic heterocycles. The highest BCUT2D eigenvalue weighted by Gasteiger charge is 2.13. The van der Waals surface area contributed by atoms with Crippen LogP contribution in [0.25, 0.3) is 0 Å². The Balaban J connectivity index is 4.58. The minimum atomic E-state index is -0.259. The summed E-state index contributed by atoms with van der Waals surface area (Å²) in [5.74, 6) is 1.92. The molecule has 0 aromatic rings. The monoisotopic (exact) mass is 238 g/mol. The minimum absolute atomic E-state index is 0.259. The lowest BCUT2D eigenvalue weighted by atomic mass is 10.2. The van der Waals surface area contributed by atoms with Gasteiger partial charge in [0.2, 0.25) is 6.29 Å². The third-order valence-corrected chi connectivity index (χ3v) is 2.42. The molecule has 0 amide bonds. The van der Waals surface area contributed by atoms with Crippen LogP contribution in [-0.4, -0.2) is 6.29 Å². The zero-order valence-corrected chi connectivity index (χ0v) is 11.9. The topological polar surface area (TPSA) is 18.5 Å². The van der Waals surface area contributed by atoms with Crippen LogP contribution >= 0.6 is 0 Å². The van der Waals surface area contributed by atoms with Crippen LogP contribution in [0.4, 0.5) is 0 Å². The van der Waals surface area contributed by atoms with Crippen molar-refractivity contribution < 1.29 is 9.47 Å². The first kappa shape index (κ1) is 15.8. The van der Waals surface area contributed by atoms with Crippen LogP contribution in [0.5, 0.6) is 0 Å². The van der Waals surface area contributed by atoms with E-state index in [0.29, 0.717) is 6.42 Å². The maximum Gasteiger partial charge on any atom is 0.243 e. The van der Waals surface area contributed by atoms with Crippen molar-refractivity contribution in [3.63, 3.8) is 0 Å². The lowest BCUT2D eigenvalue weighted by molar-refractivity contribution is -0.0883. The lowest BCUT2D eigenvalue weighted by Crippen LogP contribution is -2.17. The van der Waals surface area contributed by atoms with Crippen molar-refractivity contribution in [3.8, 4) is 0 Å². The molecule has 0 unspecified atom stereocenters. The number of ether oxygens (including phenoxy) is 2. The summed E-state index contributed by atoms with van der Waals surface area (Å²) in [6.45, 7) is 14.0. The fraction of sp³-hybridized carbons (Fsp3) is 0.600. The van der Waals surface area contributed by atoms with Gasteiger partial charge in [0.15, 0.2) is 0 Å². The van der Waals surface area contributed by atoms with Gasteiger partial charge < -0.3 is 9.47 Å². The van der Waals surface area contributed by atoms with Gasteiger partial charge in [-0.25, -0.2) is 0 Å².